The van der Waals surface area contributed by atoms with Crippen LogP contribution >= 0.6 is 0 Å². The Labute approximate surface area is 94.0 Å². The van der Waals surface area contributed by atoms with Gasteiger partial charge in [-0.1, -0.05) is 20.3 Å². The minimum absolute atomic E-state index is 0.0950. The molecule has 0 aromatic rings. The predicted molar refractivity (Wildman–Crippen MR) is 64.9 cm³/mol. The highest BCUT2D eigenvalue weighted by atomic mass is 16.2. The van der Waals surface area contributed by atoms with E-state index in [0.717, 1.165) is 25.8 Å². The molecule has 0 aliphatic heterocycles. The Kier molecular flexibility index (Phi) is 6.57. The first-order chi connectivity index (χ1) is 6.93. The second-order valence-corrected chi connectivity index (χ2v) is 4.76. The van der Waals surface area contributed by atoms with Crippen LogP contribution in [0.3, 0.4) is 0 Å². The van der Waals surface area contributed by atoms with Crippen molar-refractivity contribution in [2.24, 2.45) is 0 Å². The highest BCUT2D eigenvalue weighted by molar-refractivity contribution is 5.81. The summed E-state index contributed by atoms with van der Waals surface area (Å²) >= 11 is 0. The Morgan fingerprint density at radius 3 is 2.40 bits per heavy atom. The molecule has 0 fully saturated rings. The average Bonchev–Trinajstić information content (AvgIpc) is 2.17. The van der Waals surface area contributed by atoms with E-state index in [1.807, 2.05) is 20.8 Å². The maximum Gasteiger partial charge on any atom is 0.237 e. The number of amides is 1. The van der Waals surface area contributed by atoms with Crippen molar-refractivity contribution in [3.8, 4) is 0 Å². The maximum absolute atomic E-state index is 11.7. The van der Waals surface area contributed by atoms with E-state index < -0.39 is 0 Å². The second-order valence-electron chi connectivity index (χ2n) is 4.76. The van der Waals surface area contributed by atoms with Crippen molar-refractivity contribution in [2.75, 3.05) is 6.54 Å². The normalized spacial score (nSPS) is 13.7. The van der Waals surface area contributed by atoms with Crippen LogP contribution in [0.4, 0.5) is 0 Å². The van der Waals surface area contributed by atoms with Gasteiger partial charge in [-0.15, -0.1) is 0 Å². The van der Waals surface area contributed by atoms with Crippen LogP contribution in [0.15, 0.2) is 0 Å². The molecule has 1 amide bonds. The molecule has 3 heteroatoms. The highest BCUT2D eigenvalue weighted by Crippen LogP contribution is 2.06. The first kappa shape index (κ1) is 14.4. The molecule has 0 aliphatic rings. The summed E-state index contributed by atoms with van der Waals surface area (Å²) in [5, 5.41) is 6.25. The third kappa shape index (κ3) is 6.50. The van der Waals surface area contributed by atoms with Crippen LogP contribution < -0.4 is 10.6 Å². The topological polar surface area (TPSA) is 41.1 Å². The molecule has 0 heterocycles. The average molecular weight is 214 g/mol. The monoisotopic (exact) mass is 214 g/mol. The lowest BCUT2D eigenvalue weighted by Gasteiger charge is -2.26. The lowest BCUT2D eigenvalue weighted by atomic mass is 10.0. The number of carbonyl (C=O) groups is 1. The van der Waals surface area contributed by atoms with Crippen LogP contribution in [0.2, 0.25) is 0 Å². The molecule has 1 atom stereocenters. The summed E-state index contributed by atoms with van der Waals surface area (Å²) in [5.74, 6) is 0.0953. The van der Waals surface area contributed by atoms with E-state index in [0.29, 0.717) is 0 Å². The molecule has 3 nitrogen and oxygen atoms in total. The fraction of sp³-hybridized carbons (Fsp3) is 0.917. The van der Waals surface area contributed by atoms with E-state index in [1.165, 1.54) is 0 Å². The van der Waals surface area contributed by atoms with Gasteiger partial charge >= 0.3 is 0 Å². The SMILES string of the molecule is CCCCNC(C)C(=O)NC(C)(C)CC. The van der Waals surface area contributed by atoms with Crippen molar-refractivity contribution in [3.63, 3.8) is 0 Å². The van der Waals surface area contributed by atoms with Crippen LogP contribution in [0.5, 0.6) is 0 Å². The molecular formula is C12H26N2O. The summed E-state index contributed by atoms with van der Waals surface area (Å²) in [4.78, 5) is 11.7. The Balaban J connectivity index is 3.88. The van der Waals surface area contributed by atoms with Gasteiger partial charge in [-0.05, 0) is 40.2 Å². The molecule has 1 unspecified atom stereocenters. The quantitative estimate of drug-likeness (QED) is 0.637. The van der Waals surface area contributed by atoms with Gasteiger partial charge < -0.3 is 10.6 Å². The smallest absolute Gasteiger partial charge is 0.237 e. The molecule has 90 valence electrons. The summed E-state index contributed by atoms with van der Waals surface area (Å²) in [6.45, 7) is 11.1. The van der Waals surface area contributed by atoms with Crippen molar-refractivity contribution in [1.29, 1.82) is 0 Å². The largest absolute Gasteiger partial charge is 0.350 e. The van der Waals surface area contributed by atoms with E-state index in [4.69, 9.17) is 0 Å². The first-order valence-electron chi connectivity index (χ1n) is 5.98. The molecule has 0 aromatic carbocycles. The number of rotatable bonds is 7. The second kappa shape index (κ2) is 6.83. The summed E-state index contributed by atoms with van der Waals surface area (Å²) in [5.41, 5.74) is -0.0994. The fourth-order valence-electron chi connectivity index (χ4n) is 1.12. The lowest BCUT2D eigenvalue weighted by Crippen LogP contribution is -2.50. The Bertz CT molecular complexity index is 190. The number of carbonyl (C=O) groups excluding carboxylic acids is 1. The molecule has 0 rings (SSSR count). The van der Waals surface area contributed by atoms with Crippen molar-refractivity contribution >= 4 is 5.91 Å². The van der Waals surface area contributed by atoms with Crippen molar-refractivity contribution < 1.29 is 4.79 Å². The van der Waals surface area contributed by atoms with Crippen LogP contribution in [-0.2, 0) is 4.79 Å². The molecule has 15 heavy (non-hydrogen) atoms. The third-order valence-electron chi connectivity index (χ3n) is 2.72. The first-order valence-corrected chi connectivity index (χ1v) is 5.98. The molecule has 0 saturated heterocycles. The Morgan fingerprint density at radius 1 is 1.33 bits per heavy atom. The number of hydrogen-bond donors (Lipinski definition) is 2. The molecule has 0 aromatic heterocycles. The van der Waals surface area contributed by atoms with Gasteiger partial charge in [0.2, 0.25) is 5.91 Å². The van der Waals surface area contributed by atoms with Crippen LogP contribution in [0.25, 0.3) is 0 Å². The summed E-state index contributed by atoms with van der Waals surface area (Å²) in [6.07, 6.45) is 3.22. The molecule has 0 radical (unpaired) electrons. The molecule has 0 bridgehead atoms. The zero-order chi connectivity index (χ0) is 11.9. The van der Waals surface area contributed by atoms with Crippen molar-refractivity contribution in [3.05, 3.63) is 0 Å². The Hall–Kier alpha value is -0.570. The number of unbranched alkanes of at least 4 members (excludes halogenated alkanes) is 1. The van der Waals surface area contributed by atoms with E-state index in [1.54, 1.807) is 0 Å². The molecule has 0 aliphatic carbocycles. The highest BCUT2D eigenvalue weighted by Gasteiger charge is 2.20. The Morgan fingerprint density at radius 2 is 1.93 bits per heavy atom. The van der Waals surface area contributed by atoms with Gasteiger partial charge in [0.05, 0.1) is 6.04 Å². The van der Waals surface area contributed by atoms with Gasteiger partial charge in [-0.25, -0.2) is 0 Å². The number of hydrogen-bond acceptors (Lipinski definition) is 2. The van der Waals surface area contributed by atoms with E-state index in [2.05, 4.69) is 24.5 Å². The van der Waals surface area contributed by atoms with Gasteiger partial charge in [0.1, 0.15) is 0 Å². The number of nitrogens with one attached hydrogen (secondary N) is 2. The van der Waals surface area contributed by atoms with Gasteiger partial charge in [-0.2, -0.15) is 0 Å². The van der Waals surface area contributed by atoms with Crippen LogP contribution in [0.1, 0.15) is 53.9 Å². The van der Waals surface area contributed by atoms with Gasteiger partial charge in [-0.3, -0.25) is 4.79 Å². The standard InChI is InChI=1S/C12H26N2O/c1-6-8-9-13-10(3)11(15)14-12(4,5)7-2/h10,13H,6-9H2,1-5H3,(H,14,15). The summed E-state index contributed by atoms with van der Waals surface area (Å²) < 4.78 is 0. The van der Waals surface area contributed by atoms with Crippen molar-refractivity contribution in [1.82, 2.24) is 10.6 Å². The lowest BCUT2D eigenvalue weighted by molar-refractivity contribution is -0.124. The van der Waals surface area contributed by atoms with Crippen LogP contribution in [0, 0.1) is 0 Å². The maximum atomic E-state index is 11.7. The molecule has 0 saturated carbocycles. The van der Waals surface area contributed by atoms with Gasteiger partial charge in [0.15, 0.2) is 0 Å². The minimum atomic E-state index is -0.0994. The van der Waals surface area contributed by atoms with Crippen LogP contribution in [-0.4, -0.2) is 24.0 Å². The summed E-state index contributed by atoms with van der Waals surface area (Å²) in [7, 11) is 0. The van der Waals surface area contributed by atoms with E-state index >= 15 is 0 Å². The zero-order valence-electron chi connectivity index (χ0n) is 10.8. The van der Waals surface area contributed by atoms with Crippen molar-refractivity contribution in [2.45, 2.75) is 65.5 Å². The minimum Gasteiger partial charge on any atom is -0.350 e. The zero-order valence-corrected chi connectivity index (χ0v) is 10.8. The van der Waals surface area contributed by atoms with E-state index in [9.17, 15) is 4.79 Å². The molecule has 0 spiro atoms. The fourth-order valence-corrected chi connectivity index (χ4v) is 1.12. The predicted octanol–water partition coefficient (Wildman–Crippen LogP) is 2.07. The molecular weight excluding hydrogens is 188 g/mol. The third-order valence-corrected chi connectivity index (χ3v) is 2.72. The summed E-state index contributed by atoms with van der Waals surface area (Å²) in [6, 6.07) is -0.0950. The van der Waals surface area contributed by atoms with Gasteiger partial charge in [0.25, 0.3) is 0 Å². The molecule has 2 N–H and O–H groups in total. The van der Waals surface area contributed by atoms with E-state index in [-0.39, 0.29) is 17.5 Å². The van der Waals surface area contributed by atoms with Gasteiger partial charge in [0, 0.05) is 5.54 Å².